The number of methoxy groups -OCH3 is 2. The fourth-order valence-corrected chi connectivity index (χ4v) is 8.30. The zero-order chi connectivity index (χ0) is 35.0. The quantitative estimate of drug-likeness (QED) is 0.0711. The van der Waals surface area contributed by atoms with Crippen molar-refractivity contribution in [2.75, 3.05) is 27.8 Å². The Morgan fingerprint density at radius 3 is 1.84 bits per heavy atom. The van der Waals surface area contributed by atoms with E-state index in [4.69, 9.17) is 32.5 Å². The van der Waals surface area contributed by atoms with Crippen LogP contribution in [0.15, 0.2) is 9.66 Å². The number of rotatable bonds is 15. The number of halogens is 1. The van der Waals surface area contributed by atoms with Gasteiger partial charge in [0.05, 0.1) is 18.3 Å². The summed E-state index contributed by atoms with van der Waals surface area (Å²) < 4.78 is 45.1. The molecule has 0 radical (unpaired) electrons. The van der Waals surface area contributed by atoms with E-state index in [0.717, 1.165) is 0 Å². The van der Waals surface area contributed by atoms with Crippen molar-refractivity contribution < 1.29 is 32.5 Å². The Morgan fingerprint density at radius 1 is 0.844 bits per heavy atom. The van der Waals surface area contributed by atoms with Crippen LogP contribution in [0.5, 0.6) is 0 Å². The summed E-state index contributed by atoms with van der Waals surface area (Å²) in [6, 6.07) is 0. The van der Waals surface area contributed by atoms with Crippen molar-refractivity contribution in [2.24, 2.45) is 23.7 Å². The van der Waals surface area contributed by atoms with Gasteiger partial charge in [-0.3, -0.25) is 0 Å². The lowest BCUT2D eigenvalue weighted by molar-refractivity contribution is -0.237. The molecule has 1 fully saturated rings. The molecule has 0 aliphatic carbocycles. The number of hydrogen-bond donors (Lipinski definition) is 0. The van der Waals surface area contributed by atoms with Crippen molar-refractivity contribution in [1.29, 1.82) is 0 Å². The molecule has 0 amide bonds. The van der Waals surface area contributed by atoms with Gasteiger partial charge in [-0.2, -0.15) is 0 Å². The third kappa shape index (κ3) is 13.2. The second kappa shape index (κ2) is 18.3. The van der Waals surface area contributed by atoms with E-state index in [1.807, 2.05) is 0 Å². The molecule has 10 heteroatoms. The van der Waals surface area contributed by atoms with Crippen molar-refractivity contribution >= 4 is 39.2 Å². The smallest absolute Gasteiger partial charge is 0.195 e. The molecule has 0 aromatic rings. The molecule has 0 aromatic carbocycles. The molecule has 0 unspecified atom stereocenters. The number of allylic oxidation sites excluding steroid dienone is 1. The standard InChI is InChI=1S/C35H67IO7Si2/c1-24(31(40-23-38-13)25(2)20-26(3)36)18-19-29(39-22-37-12)21-30-27(4)32(42-44(14,15)34(6,7)8)28(5)33(41-30)43-45(16,17)35(9,10)11/h20,24-25,27-33H,21-23H2,1-17H3/b26-20-/t24-,25-,27-,28+,29+,30-,31-,32-,33-/m0/s1. The van der Waals surface area contributed by atoms with Crippen molar-refractivity contribution in [2.45, 2.75) is 150 Å². The van der Waals surface area contributed by atoms with Crippen molar-refractivity contribution in [1.82, 2.24) is 0 Å². The third-order valence-corrected chi connectivity index (χ3v) is 19.3. The van der Waals surface area contributed by atoms with E-state index in [2.05, 4.69) is 143 Å². The summed E-state index contributed by atoms with van der Waals surface area (Å²) in [6.07, 6.45) is 1.73. The normalized spacial score (nSPS) is 26.5. The predicted octanol–water partition coefficient (Wildman–Crippen LogP) is 9.38. The van der Waals surface area contributed by atoms with Gasteiger partial charge >= 0.3 is 0 Å². The van der Waals surface area contributed by atoms with Crippen molar-refractivity contribution in [3.05, 3.63) is 9.66 Å². The highest BCUT2D eigenvalue weighted by molar-refractivity contribution is 14.1. The van der Waals surface area contributed by atoms with Gasteiger partial charge in [-0.1, -0.05) is 80.2 Å². The van der Waals surface area contributed by atoms with Crippen LogP contribution in [0.4, 0.5) is 0 Å². The van der Waals surface area contributed by atoms with Crippen LogP contribution in [0.25, 0.3) is 0 Å². The maximum absolute atomic E-state index is 7.17. The highest BCUT2D eigenvalue weighted by Crippen LogP contribution is 2.45. The van der Waals surface area contributed by atoms with Gasteiger partial charge in [0.25, 0.3) is 0 Å². The van der Waals surface area contributed by atoms with E-state index in [1.54, 1.807) is 14.2 Å². The average molecular weight is 783 g/mol. The summed E-state index contributed by atoms with van der Waals surface area (Å²) >= 11 is 2.34. The SMILES string of the molecule is COCO[C@@H]([C@@H](C)C#C[C@H](C[C@@H]1O[C@@H](O[Si](C)(C)C(C)(C)C)[C@H](C)[C@@H](O[Si](C)(C)C(C)(C)C)[C@H]1C)OCOC)[C@@H](C)/C=C(/C)I. The van der Waals surface area contributed by atoms with Gasteiger partial charge in [0.1, 0.15) is 19.7 Å². The maximum Gasteiger partial charge on any atom is 0.195 e. The minimum Gasteiger partial charge on any atom is -0.413 e. The molecule has 0 spiro atoms. The molecule has 0 saturated carbocycles. The largest absolute Gasteiger partial charge is 0.413 e. The zero-order valence-electron chi connectivity index (χ0n) is 31.6. The molecule has 0 aromatic heterocycles. The molecule has 7 nitrogen and oxygen atoms in total. The molecule has 0 N–H and O–H groups in total. The van der Waals surface area contributed by atoms with Crippen LogP contribution < -0.4 is 0 Å². The third-order valence-electron chi connectivity index (χ3n) is 10.0. The first-order chi connectivity index (χ1) is 20.5. The van der Waals surface area contributed by atoms with E-state index in [0.29, 0.717) is 6.42 Å². The fraction of sp³-hybridized carbons (Fsp3) is 0.886. The van der Waals surface area contributed by atoms with Gasteiger partial charge in [-0.25, -0.2) is 0 Å². The minimum atomic E-state index is -2.13. The topological polar surface area (TPSA) is 64.6 Å². The Balaban J connectivity index is 3.46. The number of ether oxygens (including phenoxy) is 5. The van der Waals surface area contributed by atoms with Crippen LogP contribution in [-0.2, 0) is 32.5 Å². The van der Waals surface area contributed by atoms with E-state index in [-0.39, 0.29) is 71.9 Å². The molecular weight excluding hydrogens is 715 g/mol. The molecular formula is C35H67IO7Si2. The van der Waals surface area contributed by atoms with Gasteiger partial charge in [-0.15, -0.1) is 0 Å². The van der Waals surface area contributed by atoms with Gasteiger partial charge in [-0.05, 0) is 76.3 Å². The Kier molecular flexibility index (Phi) is 17.5. The van der Waals surface area contributed by atoms with Crippen LogP contribution >= 0.6 is 22.6 Å². The van der Waals surface area contributed by atoms with E-state index in [1.165, 1.54) is 3.58 Å². The first kappa shape index (κ1) is 43.2. The minimum absolute atomic E-state index is 0.00894. The molecule has 1 heterocycles. The van der Waals surface area contributed by atoms with Gasteiger partial charge in [0, 0.05) is 44.3 Å². The summed E-state index contributed by atoms with van der Waals surface area (Å²) in [7, 11) is -0.926. The first-order valence-corrected chi connectivity index (χ1v) is 23.5. The lowest BCUT2D eigenvalue weighted by Crippen LogP contribution is -2.58. The lowest BCUT2D eigenvalue weighted by atomic mass is 9.84. The van der Waals surface area contributed by atoms with E-state index >= 15 is 0 Å². The molecule has 1 rings (SSSR count). The monoisotopic (exact) mass is 782 g/mol. The van der Waals surface area contributed by atoms with E-state index < -0.39 is 22.7 Å². The Morgan fingerprint density at radius 2 is 1.36 bits per heavy atom. The molecule has 1 saturated heterocycles. The highest BCUT2D eigenvalue weighted by atomic mass is 127. The van der Waals surface area contributed by atoms with E-state index in [9.17, 15) is 0 Å². The summed E-state index contributed by atoms with van der Waals surface area (Å²) in [5.41, 5.74) is 0. The summed E-state index contributed by atoms with van der Waals surface area (Å²) in [6.45, 7) is 34.1. The molecule has 9 atom stereocenters. The van der Waals surface area contributed by atoms with Gasteiger partial charge in [0.15, 0.2) is 22.9 Å². The van der Waals surface area contributed by atoms with Crippen LogP contribution in [0, 0.1) is 35.5 Å². The van der Waals surface area contributed by atoms with Crippen LogP contribution in [-0.4, -0.2) is 75.1 Å². The second-order valence-electron chi connectivity index (χ2n) is 16.0. The van der Waals surface area contributed by atoms with Crippen LogP contribution in [0.1, 0.15) is 82.6 Å². The van der Waals surface area contributed by atoms with Gasteiger partial charge < -0.3 is 32.5 Å². The van der Waals surface area contributed by atoms with Crippen LogP contribution in [0.2, 0.25) is 36.3 Å². The summed E-state index contributed by atoms with van der Waals surface area (Å²) in [4.78, 5) is 0. The lowest BCUT2D eigenvalue weighted by Gasteiger charge is -2.51. The molecule has 0 bridgehead atoms. The van der Waals surface area contributed by atoms with Crippen molar-refractivity contribution in [3.63, 3.8) is 0 Å². The second-order valence-corrected chi connectivity index (χ2v) is 27.2. The average Bonchev–Trinajstić information content (AvgIpc) is 2.89. The Labute approximate surface area is 293 Å². The Hall–Kier alpha value is 0.184. The van der Waals surface area contributed by atoms with Gasteiger partial charge in [0.2, 0.25) is 0 Å². The maximum atomic E-state index is 7.17. The fourth-order valence-electron chi connectivity index (χ4n) is 5.06. The summed E-state index contributed by atoms with van der Waals surface area (Å²) in [5, 5.41) is 0.144. The molecule has 1 aliphatic rings. The van der Waals surface area contributed by atoms with Crippen LogP contribution in [0.3, 0.4) is 0 Å². The predicted molar refractivity (Wildman–Crippen MR) is 199 cm³/mol. The zero-order valence-corrected chi connectivity index (χ0v) is 35.8. The number of hydrogen-bond acceptors (Lipinski definition) is 7. The molecule has 1 aliphatic heterocycles. The van der Waals surface area contributed by atoms with Crippen molar-refractivity contribution in [3.8, 4) is 11.8 Å². The highest BCUT2D eigenvalue weighted by Gasteiger charge is 2.50. The molecule has 264 valence electrons. The Bertz CT molecular complexity index is 975. The molecule has 45 heavy (non-hydrogen) atoms. The summed E-state index contributed by atoms with van der Waals surface area (Å²) in [5.74, 6) is 7.22. The first-order valence-electron chi connectivity index (χ1n) is 16.6.